The zero-order valence-corrected chi connectivity index (χ0v) is 6.75. The van der Waals surface area contributed by atoms with Gasteiger partial charge in [-0.15, -0.1) is 0 Å². The van der Waals surface area contributed by atoms with E-state index in [1.54, 1.807) is 0 Å². The maximum absolute atomic E-state index is 10.8. The highest BCUT2D eigenvalue weighted by Crippen LogP contribution is 1.94. The number of rotatable bonds is 2. The molecule has 1 rings (SSSR count). The topological polar surface area (TPSA) is 47.9 Å². The van der Waals surface area contributed by atoms with Crippen LogP contribution < -0.4 is 5.11 Å². The molecule has 0 spiro atoms. The summed E-state index contributed by atoms with van der Waals surface area (Å²) in [6, 6.07) is 0. The summed E-state index contributed by atoms with van der Waals surface area (Å²) in [7, 11) is 1.53. The highest BCUT2D eigenvalue weighted by molar-refractivity contribution is 5.73. The Kier molecular flexibility index (Phi) is 3.32. The lowest BCUT2D eigenvalue weighted by Crippen LogP contribution is -2.42. The van der Waals surface area contributed by atoms with Crippen molar-refractivity contribution >= 4 is 5.90 Å². The minimum atomic E-state index is -0.0492. The molecule has 0 saturated carbocycles. The number of aliphatic imine (C=N–C) groups is 1. The Hall–Kier alpha value is -0.610. The predicted molar refractivity (Wildman–Crippen MR) is 40.6 cm³/mol. The molecule has 0 aromatic carbocycles. The Morgan fingerprint density at radius 2 is 2.18 bits per heavy atom. The first-order valence-corrected chi connectivity index (χ1v) is 3.75. The summed E-state index contributed by atoms with van der Waals surface area (Å²) < 4.78 is 5.13. The number of hydrogen-bond acceptors (Lipinski definition) is 4. The largest absolute Gasteiger partial charge is 0.861 e. The van der Waals surface area contributed by atoms with Gasteiger partial charge in [0.1, 0.15) is 0 Å². The van der Waals surface area contributed by atoms with E-state index in [1.807, 2.05) is 0 Å². The Balaban J connectivity index is 2.24. The first kappa shape index (κ1) is 8.49. The second kappa shape index (κ2) is 4.31. The molecular formula is C7H13N2O2-. The van der Waals surface area contributed by atoms with E-state index in [-0.39, 0.29) is 5.90 Å². The summed E-state index contributed by atoms with van der Waals surface area (Å²) in [4.78, 5) is 5.62. The van der Waals surface area contributed by atoms with Crippen molar-refractivity contribution in [1.82, 2.24) is 4.90 Å². The summed E-state index contributed by atoms with van der Waals surface area (Å²) in [5.41, 5.74) is 0. The van der Waals surface area contributed by atoms with Crippen LogP contribution in [0.4, 0.5) is 0 Å². The normalized spacial score (nSPS) is 22.1. The molecule has 0 amide bonds. The van der Waals surface area contributed by atoms with Gasteiger partial charge in [-0.05, 0) is 5.90 Å². The van der Waals surface area contributed by atoms with Crippen molar-refractivity contribution in [2.24, 2.45) is 4.99 Å². The van der Waals surface area contributed by atoms with Crippen molar-refractivity contribution in [2.75, 3.05) is 39.9 Å². The number of nitrogens with zero attached hydrogens (tertiary/aromatic N) is 2. The molecule has 1 saturated heterocycles. The minimum absolute atomic E-state index is 0.0492. The molecule has 0 aromatic heterocycles. The fourth-order valence-corrected chi connectivity index (χ4v) is 1.02. The van der Waals surface area contributed by atoms with Crippen molar-refractivity contribution in [3.05, 3.63) is 0 Å². The third-order valence-corrected chi connectivity index (χ3v) is 1.71. The predicted octanol–water partition coefficient (Wildman–Crippen LogP) is -1.29. The number of morpholine rings is 1. The lowest BCUT2D eigenvalue weighted by molar-refractivity contribution is -0.220. The number of hydrogen-bond donors (Lipinski definition) is 0. The van der Waals surface area contributed by atoms with E-state index in [0.29, 0.717) is 6.54 Å². The van der Waals surface area contributed by atoms with E-state index in [9.17, 15) is 5.11 Å². The molecule has 1 heterocycles. The first-order chi connectivity index (χ1) is 5.33. The van der Waals surface area contributed by atoms with Crippen molar-refractivity contribution < 1.29 is 9.84 Å². The Bertz CT molecular complexity index is 141. The molecule has 1 aliphatic heterocycles. The summed E-state index contributed by atoms with van der Waals surface area (Å²) >= 11 is 0. The quantitative estimate of drug-likeness (QED) is 0.370. The van der Waals surface area contributed by atoms with Gasteiger partial charge in [-0.25, -0.2) is 0 Å². The Morgan fingerprint density at radius 3 is 2.73 bits per heavy atom. The highest BCUT2D eigenvalue weighted by Gasteiger charge is 2.08. The van der Waals surface area contributed by atoms with E-state index < -0.39 is 0 Å². The summed E-state index contributed by atoms with van der Waals surface area (Å²) in [5.74, 6) is -0.0492. The lowest BCUT2D eigenvalue weighted by Gasteiger charge is -2.28. The van der Waals surface area contributed by atoms with Crippen LogP contribution in [0.15, 0.2) is 4.99 Å². The molecular weight excluding hydrogens is 144 g/mol. The van der Waals surface area contributed by atoms with Crippen LogP contribution in [0.5, 0.6) is 0 Å². The molecule has 0 aliphatic carbocycles. The van der Waals surface area contributed by atoms with Crippen molar-refractivity contribution in [3.8, 4) is 0 Å². The van der Waals surface area contributed by atoms with E-state index in [4.69, 9.17) is 4.74 Å². The molecule has 0 atom stereocenters. The van der Waals surface area contributed by atoms with Gasteiger partial charge in [0, 0.05) is 26.7 Å². The van der Waals surface area contributed by atoms with Gasteiger partial charge in [0.25, 0.3) is 0 Å². The average Bonchev–Trinajstić information content (AvgIpc) is 2.06. The van der Waals surface area contributed by atoms with Crippen molar-refractivity contribution in [1.29, 1.82) is 0 Å². The molecule has 1 fully saturated rings. The van der Waals surface area contributed by atoms with Crippen LogP contribution in [0.1, 0.15) is 0 Å². The first-order valence-electron chi connectivity index (χ1n) is 3.75. The monoisotopic (exact) mass is 157 g/mol. The molecule has 4 nitrogen and oxygen atoms in total. The lowest BCUT2D eigenvalue weighted by atomic mass is 10.4. The maximum Gasteiger partial charge on any atom is 0.0594 e. The van der Waals surface area contributed by atoms with Gasteiger partial charge in [0.15, 0.2) is 0 Å². The third kappa shape index (κ3) is 2.86. The smallest absolute Gasteiger partial charge is 0.0594 e. The maximum atomic E-state index is 10.8. The van der Waals surface area contributed by atoms with Crippen LogP contribution in [0.2, 0.25) is 0 Å². The van der Waals surface area contributed by atoms with Crippen LogP contribution in [0, 0.1) is 0 Å². The molecule has 64 valence electrons. The summed E-state index contributed by atoms with van der Waals surface area (Å²) in [6.07, 6.45) is 0. The standard InChI is InChI=1S/C7H14N2O2/c1-8-7(10)6-9-2-4-11-5-3-9/h2-6H2,1H3,(H,8,10)/p-1. The van der Waals surface area contributed by atoms with Crippen LogP contribution in [-0.2, 0) is 4.74 Å². The van der Waals surface area contributed by atoms with Crippen LogP contribution >= 0.6 is 0 Å². The molecule has 0 bridgehead atoms. The molecule has 0 aromatic rings. The Labute approximate surface area is 66.5 Å². The van der Waals surface area contributed by atoms with Gasteiger partial charge >= 0.3 is 0 Å². The van der Waals surface area contributed by atoms with Gasteiger partial charge in [-0.1, -0.05) is 0 Å². The van der Waals surface area contributed by atoms with E-state index >= 15 is 0 Å². The van der Waals surface area contributed by atoms with Gasteiger partial charge < -0.3 is 14.8 Å². The van der Waals surface area contributed by atoms with Crippen LogP contribution in [0.3, 0.4) is 0 Å². The molecule has 1 aliphatic rings. The highest BCUT2D eigenvalue weighted by atomic mass is 16.5. The molecule has 0 N–H and O–H groups in total. The minimum Gasteiger partial charge on any atom is -0.861 e. The van der Waals surface area contributed by atoms with Crippen LogP contribution in [0.25, 0.3) is 0 Å². The van der Waals surface area contributed by atoms with E-state index in [1.165, 1.54) is 7.05 Å². The SMILES string of the molecule is CN=C([O-])CN1CCOCC1. The summed E-state index contributed by atoms with van der Waals surface area (Å²) in [5, 5.41) is 10.8. The second-order valence-electron chi connectivity index (χ2n) is 2.51. The van der Waals surface area contributed by atoms with Crippen LogP contribution in [-0.4, -0.2) is 50.7 Å². The third-order valence-electron chi connectivity index (χ3n) is 1.71. The second-order valence-corrected chi connectivity index (χ2v) is 2.51. The molecule has 4 heteroatoms. The fourth-order valence-electron chi connectivity index (χ4n) is 1.02. The van der Waals surface area contributed by atoms with Gasteiger partial charge in [0.2, 0.25) is 0 Å². The van der Waals surface area contributed by atoms with Crippen molar-refractivity contribution in [2.45, 2.75) is 0 Å². The fraction of sp³-hybridized carbons (Fsp3) is 0.857. The van der Waals surface area contributed by atoms with E-state index in [0.717, 1.165) is 26.3 Å². The zero-order valence-electron chi connectivity index (χ0n) is 6.75. The number of ether oxygens (including phenoxy) is 1. The van der Waals surface area contributed by atoms with Gasteiger partial charge in [-0.3, -0.25) is 4.90 Å². The van der Waals surface area contributed by atoms with Gasteiger partial charge in [-0.2, -0.15) is 0 Å². The average molecular weight is 157 g/mol. The Morgan fingerprint density at radius 1 is 1.55 bits per heavy atom. The summed E-state index contributed by atoms with van der Waals surface area (Å²) in [6.45, 7) is 3.61. The van der Waals surface area contributed by atoms with E-state index in [2.05, 4.69) is 9.89 Å². The van der Waals surface area contributed by atoms with Gasteiger partial charge in [0.05, 0.1) is 13.2 Å². The van der Waals surface area contributed by atoms with Crippen molar-refractivity contribution in [3.63, 3.8) is 0 Å². The molecule has 0 unspecified atom stereocenters. The molecule has 0 radical (unpaired) electrons. The molecule has 11 heavy (non-hydrogen) atoms. The zero-order chi connectivity index (χ0) is 8.10.